The molecule has 16 heavy (non-hydrogen) atoms. The summed E-state index contributed by atoms with van der Waals surface area (Å²) >= 11 is 1.56. The molecule has 0 aromatic carbocycles. The highest BCUT2D eigenvalue weighted by Crippen LogP contribution is 2.24. The summed E-state index contributed by atoms with van der Waals surface area (Å²) in [5.74, 6) is -0.262. The van der Waals surface area contributed by atoms with Crippen LogP contribution < -0.4 is 5.32 Å². The van der Waals surface area contributed by atoms with Crippen LogP contribution in [0.2, 0.25) is 0 Å². The Kier molecular flexibility index (Phi) is 5.45. The Morgan fingerprint density at radius 1 is 1.56 bits per heavy atom. The van der Waals surface area contributed by atoms with Crippen molar-refractivity contribution < 1.29 is 14.3 Å². The van der Waals surface area contributed by atoms with Crippen LogP contribution in [0.1, 0.15) is 16.5 Å². The molecule has 0 fully saturated rings. The van der Waals surface area contributed by atoms with E-state index >= 15 is 0 Å². The molecule has 1 N–H and O–H groups in total. The van der Waals surface area contributed by atoms with E-state index in [1.165, 1.54) is 7.11 Å². The monoisotopic (exact) mass is 243 g/mol. The molecule has 0 radical (unpaired) electrons. The van der Waals surface area contributed by atoms with Gasteiger partial charge in [-0.15, -0.1) is 11.3 Å². The van der Waals surface area contributed by atoms with E-state index in [1.54, 1.807) is 18.4 Å². The third kappa shape index (κ3) is 3.30. The maximum absolute atomic E-state index is 11.6. The van der Waals surface area contributed by atoms with Crippen LogP contribution in [0.15, 0.2) is 11.4 Å². The fourth-order valence-corrected chi connectivity index (χ4v) is 2.37. The molecule has 0 amide bonds. The summed E-state index contributed by atoms with van der Waals surface area (Å²) in [5.41, 5.74) is 1.10. The summed E-state index contributed by atoms with van der Waals surface area (Å²) in [6.07, 6.45) is 0. The van der Waals surface area contributed by atoms with E-state index in [2.05, 4.69) is 5.32 Å². The van der Waals surface area contributed by atoms with Crippen LogP contribution in [-0.2, 0) is 14.3 Å². The topological polar surface area (TPSA) is 47.6 Å². The van der Waals surface area contributed by atoms with Gasteiger partial charge in [-0.05, 0) is 23.9 Å². The molecule has 90 valence electrons. The van der Waals surface area contributed by atoms with Crippen LogP contribution >= 0.6 is 11.3 Å². The Hall–Kier alpha value is -0.910. The zero-order chi connectivity index (χ0) is 12.0. The molecule has 0 aliphatic heterocycles. The molecule has 1 aromatic rings. The standard InChI is InChI=1S/C11H17NO3S/c1-8-4-7-16-10(8)9(11(13)15-3)12-5-6-14-2/h4,7,9,12H,5-6H2,1-3H3. The summed E-state index contributed by atoms with van der Waals surface area (Å²) in [7, 11) is 3.03. The summed E-state index contributed by atoms with van der Waals surface area (Å²) in [6, 6.07) is 1.61. The van der Waals surface area contributed by atoms with E-state index in [1.807, 2.05) is 18.4 Å². The number of ether oxygens (including phenoxy) is 2. The lowest BCUT2D eigenvalue weighted by atomic mass is 10.1. The van der Waals surface area contributed by atoms with E-state index in [0.29, 0.717) is 13.2 Å². The quantitative estimate of drug-likeness (QED) is 0.607. The van der Waals surface area contributed by atoms with E-state index in [-0.39, 0.29) is 12.0 Å². The smallest absolute Gasteiger partial charge is 0.328 e. The number of rotatable bonds is 6. The Balaban J connectivity index is 2.72. The lowest BCUT2D eigenvalue weighted by molar-refractivity contribution is -0.143. The lowest BCUT2D eigenvalue weighted by Crippen LogP contribution is -2.31. The molecule has 1 unspecified atom stereocenters. The van der Waals surface area contributed by atoms with Crippen LogP contribution in [0.5, 0.6) is 0 Å². The van der Waals surface area contributed by atoms with E-state index in [0.717, 1.165) is 10.4 Å². The fraction of sp³-hybridized carbons (Fsp3) is 0.545. The Labute approximate surface area is 99.6 Å². The zero-order valence-corrected chi connectivity index (χ0v) is 10.6. The van der Waals surface area contributed by atoms with Crippen LogP contribution in [0.3, 0.4) is 0 Å². The van der Waals surface area contributed by atoms with Gasteiger partial charge in [0, 0.05) is 18.5 Å². The van der Waals surface area contributed by atoms with Crippen molar-refractivity contribution in [2.45, 2.75) is 13.0 Å². The molecule has 0 bridgehead atoms. The van der Waals surface area contributed by atoms with E-state index < -0.39 is 0 Å². The van der Waals surface area contributed by atoms with Gasteiger partial charge in [0.25, 0.3) is 0 Å². The predicted molar refractivity (Wildman–Crippen MR) is 63.7 cm³/mol. The molecule has 1 rings (SSSR count). The summed E-state index contributed by atoms with van der Waals surface area (Å²) in [6.45, 7) is 3.17. The molecule has 1 heterocycles. The average molecular weight is 243 g/mol. The molecule has 0 saturated heterocycles. The van der Waals surface area contributed by atoms with Gasteiger partial charge in [-0.25, -0.2) is 4.79 Å². The summed E-state index contributed by atoms with van der Waals surface area (Å²) < 4.78 is 9.73. The molecule has 5 heteroatoms. The molecule has 4 nitrogen and oxygen atoms in total. The highest BCUT2D eigenvalue weighted by molar-refractivity contribution is 7.10. The van der Waals surface area contributed by atoms with Gasteiger partial charge in [0.05, 0.1) is 13.7 Å². The number of carbonyl (C=O) groups is 1. The van der Waals surface area contributed by atoms with E-state index in [4.69, 9.17) is 9.47 Å². The maximum atomic E-state index is 11.6. The Bertz CT molecular complexity index is 338. The van der Waals surface area contributed by atoms with Crippen molar-refractivity contribution >= 4 is 17.3 Å². The zero-order valence-electron chi connectivity index (χ0n) is 9.78. The highest BCUT2D eigenvalue weighted by atomic mass is 32.1. The van der Waals surface area contributed by atoms with Gasteiger partial charge in [-0.3, -0.25) is 5.32 Å². The number of thiophene rings is 1. The third-order valence-electron chi connectivity index (χ3n) is 2.26. The SMILES string of the molecule is COCCNC(C(=O)OC)c1sccc1C. The van der Waals surface area contributed by atoms with Crippen molar-refractivity contribution in [1.82, 2.24) is 5.32 Å². The van der Waals surface area contributed by atoms with Crippen molar-refractivity contribution in [3.05, 3.63) is 21.9 Å². The van der Waals surface area contributed by atoms with Gasteiger partial charge in [0.15, 0.2) is 0 Å². The average Bonchev–Trinajstić information content (AvgIpc) is 2.70. The first kappa shape index (κ1) is 13.2. The summed E-state index contributed by atoms with van der Waals surface area (Å²) in [5, 5.41) is 5.10. The number of aryl methyl sites for hydroxylation is 1. The minimum absolute atomic E-state index is 0.262. The van der Waals surface area contributed by atoms with Gasteiger partial charge in [0.1, 0.15) is 6.04 Å². The summed E-state index contributed by atoms with van der Waals surface area (Å²) in [4.78, 5) is 12.6. The minimum Gasteiger partial charge on any atom is -0.468 e. The predicted octanol–water partition coefficient (Wildman–Crippen LogP) is 1.51. The number of esters is 1. The van der Waals surface area contributed by atoms with Crippen molar-refractivity contribution in [2.75, 3.05) is 27.4 Å². The van der Waals surface area contributed by atoms with Crippen molar-refractivity contribution in [3.63, 3.8) is 0 Å². The van der Waals surface area contributed by atoms with Crippen LogP contribution in [0.25, 0.3) is 0 Å². The van der Waals surface area contributed by atoms with Crippen molar-refractivity contribution in [3.8, 4) is 0 Å². The van der Waals surface area contributed by atoms with Gasteiger partial charge < -0.3 is 9.47 Å². The second kappa shape index (κ2) is 6.62. The molecule has 1 aromatic heterocycles. The molecule has 1 atom stereocenters. The molecular formula is C11H17NO3S. The van der Waals surface area contributed by atoms with E-state index in [9.17, 15) is 4.79 Å². The molecule has 0 spiro atoms. The fourth-order valence-electron chi connectivity index (χ4n) is 1.39. The molecule has 0 saturated carbocycles. The number of hydrogen-bond donors (Lipinski definition) is 1. The van der Waals surface area contributed by atoms with Gasteiger partial charge in [-0.2, -0.15) is 0 Å². The number of nitrogens with one attached hydrogen (secondary N) is 1. The number of carbonyl (C=O) groups excluding carboxylic acids is 1. The Morgan fingerprint density at radius 2 is 2.31 bits per heavy atom. The normalized spacial score (nSPS) is 12.4. The van der Waals surface area contributed by atoms with Crippen LogP contribution in [0, 0.1) is 6.92 Å². The molecular weight excluding hydrogens is 226 g/mol. The minimum atomic E-state index is -0.389. The van der Waals surface area contributed by atoms with Crippen molar-refractivity contribution in [1.29, 1.82) is 0 Å². The first-order valence-corrected chi connectivity index (χ1v) is 5.92. The lowest BCUT2D eigenvalue weighted by Gasteiger charge is -2.15. The number of methoxy groups -OCH3 is 2. The highest BCUT2D eigenvalue weighted by Gasteiger charge is 2.23. The van der Waals surface area contributed by atoms with Crippen LogP contribution in [-0.4, -0.2) is 33.3 Å². The first-order chi connectivity index (χ1) is 7.70. The van der Waals surface area contributed by atoms with Gasteiger partial charge >= 0.3 is 5.97 Å². The second-order valence-corrected chi connectivity index (χ2v) is 4.32. The maximum Gasteiger partial charge on any atom is 0.328 e. The largest absolute Gasteiger partial charge is 0.468 e. The number of hydrogen-bond acceptors (Lipinski definition) is 5. The molecule has 0 aliphatic rings. The van der Waals surface area contributed by atoms with Gasteiger partial charge in [-0.1, -0.05) is 0 Å². The van der Waals surface area contributed by atoms with Crippen LogP contribution in [0.4, 0.5) is 0 Å². The second-order valence-electron chi connectivity index (χ2n) is 3.37. The first-order valence-electron chi connectivity index (χ1n) is 5.04. The van der Waals surface area contributed by atoms with Gasteiger partial charge in [0.2, 0.25) is 0 Å². The third-order valence-corrected chi connectivity index (χ3v) is 3.34. The Morgan fingerprint density at radius 3 is 2.81 bits per heavy atom. The van der Waals surface area contributed by atoms with Crippen molar-refractivity contribution in [2.24, 2.45) is 0 Å². The molecule has 0 aliphatic carbocycles.